The van der Waals surface area contributed by atoms with Crippen molar-refractivity contribution in [2.45, 2.75) is 77.0 Å². The smallest absolute Gasteiger partial charge is 0.0543 e. The third-order valence-electron chi connectivity index (χ3n) is 15.7. The summed E-state index contributed by atoms with van der Waals surface area (Å²) >= 11 is 0. The van der Waals surface area contributed by atoms with E-state index >= 15 is 0 Å². The summed E-state index contributed by atoms with van der Waals surface area (Å²) in [5, 5.41) is 2.64. The highest BCUT2D eigenvalue weighted by Gasteiger charge is 2.44. The summed E-state index contributed by atoms with van der Waals surface area (Å²) in [6.45, 7) is 17.0. The molecule has 1 atom stereocenters. The average Bonchev–Trinajstić information content (AvgIpc) is 3.83. The van der Waals surface area contributed by atoms with E-state index in [1.165, 1.54) is 128 Å². The molecule has 5 aliphatic rings. The van der Waals surface area contributed by atoms with Gasteiger partial charge in [-0.1, -0.05) is 146 Å². The lowest BCUT2D eigenvalue weighted by atomic mass is 9.79. The Bertz CT molecular complexity index is 3240. The van der Waals surface area contributed by atoms with Crippen LogP contribution >= 0.6 is 0 Å². The maximum atomic E-state index is 2.69. The van der Waals surface area contributed by atoms with Crippen LogP contribution in [0.5, 0.6) is 0 Å². The van der Waals surface area contributed by atoms with Crippen molar-refractivity contribution in [3.05, 3.63) is 195 Å². The monoisotopic (exact) mass is 757 g/mol. The Morgan fingerprint density at radius 3 is 1.59 bits per heavy atom. The van der Waals surface area contributed by atoms with Crippen molar-refractivity contribution in [3.63, 3.8) is 0 Å². The molecular formula is C58H47N. The zero-order chi connectivity index (χ0) is 39.9. The van der Waals surface area contributed by atoms with Gasteiger partial charge in [-0.25, -0.2) is 0 Å². The summed E-state index contributed by atoms with van der Waals surface area (Å²) < 4.78 is 0. The molecule has 8 aromatic carbocycles. The molecule has 1 heterocycles. The molecule has 0 spiro atoms. The maximum Gasteiger partial charge on any atom is 0.0543 e. The van der Waals surface area contributed by atoms with Gasteiger partial charge in [-0.15, -0.1) is 0 Å². The maximum absolute atomic E-state index is 2.69. The Labute approximate surface area is 348 Å². The fraction of sp³-hybridized carbons (Fsp3) is 0.207. The van der Waals surface area contributed by atoms with Gasteiger partial charge in [0.1, 0.15) is 0 Å². The molecule has 0 N–H and O–H groups in total. The standard InChI is InChI=1S/C58H47N/c1-32-35-16-8-9-17-36(35)42-25-33-24-34-26-43-37-18-12-14-22-46(37)57(4,5)50(43)30-53(34)59(52(33)29-41(32)42)54-31-51-55(40-21-11-10-20-39(40)54)45-28-48-44(27-49(45)58(51,6)7)38-19-13-15-23-47(38)56(48,2)3/h8-23,25-32H,24H2,1-7H3. The van der Waals surface area contributed by atoms with Crippen molar-refractivity contribution in [3.8, 4) is 44.5 Å². The number of hydrogen-bond donors (Lipinski definition) is 0. The lowest BCUT2D eigenvalue weighted by Crippen LogP contribution is -2.22. The predicted molar refractivity (Wildman–Crippen MR) is 247 cm³/mol. The Morgan fingerprint density at radius 2 is 0.881 bits per heavy atom. The van der Waals surface area contributed by atoms with Gasteiger partial charge >= 0.3 is 0 Å². The van der Waals surface area contributed by atoms with Gasteiger partial charge < -0.3 is 4.90 Å². The fourth-order valence-corrected chi connectivity index (χ4v) is 12.5. The summed E-state index contributed by atoms with van der Waals surface area (Å²) in [6, 6.07) is 54.5. The highest BCUT2D eigenvalue weighted by molar-refractivity contribution is 6.11. The van der Waals surface area contributed by atoms with Crippen LogP contribution in [0, 0.1) is 0 Å². The minimum Gasteiger partial charge on any atom is -0.309 e. The molecule has 1 nitrogen and oxygen atoms in total. The highest BCUT2D eigenvalue weighted by atomic mass is 15.2. The molecule has 8 aromatic rings. The molecule has 284 valence electrons. The second-order valence-corrected chi connectivity index (χ2v) is 19.7. The van der Waals surface area contributed by atoms with Gasteiger partial charge in [0.2, 0.25) is 0 Å². The minimum atomic E-state index is -0.197. The van der Waals surface area contributed by atoms with Crippen LogP contribution < -0.4 is 4.90 Å². The molecule has 59 heavy (non-hydrogen) atoms. The van der Waals surface area contributed by atoms with Crippen molar-refractivity contribution in [2.75, 3.05) is 4.90 Å². The van der Waals surface area contributed by atoms with E-state index in [0.717, 1.165) is 6.42 Å². The SMILES string of the molecule is CC1c2ccccc2-c2cc3c(cc21)N(c1cc2c(c4ccccc14)-c1cc4c(cc1C2(C)C)-c1ccccc1C4(C)C)c1cc2c(cc1C3)-c1ccccc1C2(C)C. The molecule has 0 fully saturated rings. The first-order valence-electron chi connectivity index (χ1n) is 21.6. The van der Waals surface area contributed by atoms with Crippen LogP contribution in [0.1, 0.15) is 110 Å². The molecule has 0 radical (unpaired) electrons. The summed E-state index contributed by atoms with van der Waals surface area (Å²) in [5.41, 5.74) is 28.9. The lowest BCUT2D eigenvalue weighted by molar-refractivity contribution is 0.652. The van der Waals surface area contributed by atoms with Crippen LogP contribution in [0.4, 0.5) is 17.1 Å². The molecule has 0 amide bonds. The lowest BCUT2D eigenvalue weighted by Gasteiger charge is -2.37. The molecule has 0 saturated carbocycles. The van der Waals surface area contributed by atoms with E-state index in [2.05, 4.69) is 193 Å². The topological polar surface area (TPSA) is 3.24 Å². The van der Waals surface area contributed by atoms with Gasteiger partial charge in [0.25, 0.3) is 0 Å². The van der Waals surface area contributed by atoms with E-state index in [-0.39, 0.29) is 16.2 Å². The summed E-state index contributed by atoms with van der Waals surface area (Å²) in [6.07, 6.45) is 0.906. The Balaban J connectivity index is 1.09. The largest absolute Gasteiger partial charge is 0.309 e. The highest BCUT2D eigenvalue weighted by Crippen LogP contribution is 2.61. The van der Waals surface area contributed by atoms with Gasteiger partial charge in [0, 0.05) is 34.0 Å². The van der Waals surface area contributed by atoms with E-state index in [0.29, 0.717) is 5.92 Å². The number of hydrogen-bond acceptors (Lipinski definition) is 1. The van der Waals surface area contributed by atoms with Crippen molar-refractivity contribution >= 4 is 27.8 Å². The summed E-state index contributed by atoms with van der Waals surface area (Å²) in [4.78, 5) is 2.69. The summed E-state index contributed by atoms with van der Waals surface area (Å²) in [7, 11) is 0. The number of fused-ring (bicyclic) bond motifs is 16. The zero-order valence-corrected chi connectivity index (χ0v) is 35.0. The Hall–Kier alpha value is -6.18. The van der Waals surface area contributed by atoms with Crippen LogP contribution in [-0.2, 0) is 22.7 Å². The van der Waals surface area contributed by atoms with Crippen LogP contribution in [0.15, 0.2) is 140 Å². The van der Waals surface area contributed by atoms with Crippen LogP contribution in [0.2, 0.25) is 0 Å². The quantitative estimate of drug-likeness (QED) is 0.161. The number of nitrogens with zero attached hydrogens (tertiary/aromatic N) is 1. The van der Waals surface area contributed by atoms with Gasteiger partial charge in [0.15, 0.2) is 0 Å². The molecule has 1 heteroatoms. The third-order valence-corrected chi connectivity index (χ3v) is 15.7. The molecule has 0 saturated heterocycles. The Morgan fingerprint density at radius 1 is 0.390 bits per heavy atom. The van der Waals surface area contributed by atoms with Gasteiger partial charge in [0.05, 0.1) is 17.1 Å². The fourth-order valence-electron chi connectivity index (χ4n) is 12.5. The summed E-state index contributed by atoms with van der Waals surface area (Å²) in [5.74, 6) is 0.338. The second kappa shape index (κ2) is 10.9. The molecule has 1 unspecified atom stereocenters. The van der Waals surface area contributed by atoms with Crippen molar-refractivity contribution in [1.29, 1.82) is 0 Å². The predicted octanol–water partition coefficient (Wildman–Crippen LogP) is 15.3. The molecule has 0 aromatic heterocycles. The normalized spacial score (nSPS) is 18.2. The van der Waals surface area contributed by atoms with Crippen LogP contribution in [0.3, 0.4) is 0 Å². The molecule has 0 bridgehead atoms. The molecule has 1 aliphatic heterocycles. The van der Waals surface area contributed by atoms with E-state index in [1.807, 2.05) is 0 Å². The zero-order valence-electron chi connectivity index (χ0n) is 35.0. The first-order valence-corrected chi connectivity index (χ1v) is 21.6. The Kier molecular flexibility index (Phi) is 6.24. The molecule has 13 rings (SSSR count). The number of benzene rings is 8. The van der Waals surface area contributed by atoms with Crippen molar-refractivity contribution in [2.24, 2.45) is 0 Å². The van der Waals surface area contributed by atoms with E-state index in [9.17, 15) is 0 Å². The van der Waals surface area contributed by atoms with Crippen molar-refractivity contribution in [1.82, 2.24) is 0 Å². The van der Waals surface area contributed by atoms with E-state index in [1.54, 1.807) is 0 Å². The van der Waals surface area contributed by atoms with E-state index in [4.69, 9.17) is 0 Å². The van der Waals surface area contributed by atoms with Gasteiger partial charge in [-0.3, -0.25) is 0 Å². The number of rotatable bonds is 1. The molecular weight excluding hydrogens is 711 g/mol. The molecule has 4 aliphatic carbocycles. The first-order chi connectivity index (χ1) is 28.4. The second-order valence-electron chi connectivity index (χ2n) is 19.7. The van der Waals surface area contributed by atoms with Crippen LogP contribution in [-0.4, -0.2) is 0 Å². The van der Waals surface area contributed by atoms with E-state index < -0.39 is 0 Å². The van der Waals surface area contributed by atoms with Crippen LogP contribution in [0.25, 0.3) is 55.3 Å². The number of anilines is 3. The third kappa shape index (κ3) is 4.07. The minimum absolute atomic E-state index is 0.0600. The van der Waals surface area contributed by atoms with Crippen molar-refractivity contribution < 1.29 is 0 Å². The van der Waals surface area contributed by atoms with Gasteiger partial charge in [-0.2, -0.15) is 0 Å². The first kappa shape index (κ1) is 33.8. The average molecular weight is 758 g/mol. The van der Waals surface area contributed by atoms with Gasteiger partial charge in [-0.05, 0) is 148 Å².